The lowest BCUT2D eigenvalue weighted by Crippen LogP contribution is -2.33. The standard InChI is InChI=1S/C21H28N4O/c1-14-5-7-17(8-6-14)25-13-18(19(23-25)21(2,3)4)20(26)24-11-15-9-22-10-16(15)12-24/h5-8,13,15-16,22H,9-12H2,1-4H3/t15-,16+. The number of carbonyl (C=O) groups is 1. The fraction of sp³-hybridized carbons (Fsp3) is 0.524. The Morgan fingerprint density at radius 3 is 2.31 bits per heavy atom. The molecule has 2 fully saturated rings. The summed E-state index contributed by atoms with van der Waals surface area (Å²) in [5.41, 5.74) is 3.63. The van der Waals surface area contributed by atoms with E-state index in [1.165, 1.54) is 5.56 Å². The quantitative estimate of drug-likeness (QED) is 0.904. The van der Waals surface area contributed by atoms with Crippen LogP contribution in [0.25, 0.3) is 5.69 Å². The molecule has 2 aliphatic heterocycles. The molecule has 0 spiro atoms. The molecule has 1 aromatic carbocycles. The highest BCUT2D eigenvalue weighted by molar-refractivity contribution is 5.95. The third-order valence-corrected chi connectivity index (χ3v) is 5.63. The molecule has 5 nitrogen and oxygen atoms in total. The Labute approximate surface area is 155 Å². The van der Waals surface area contributed by atoms with Crippen LogP contribution in [-0.2, 0) is 5.41 Å². The van der Waals surface area contributed by atoms with Gasteiger partial charge in [0.1, 0.15) is 0 Å². The Balaban J connectivity index is 1.68. The highest BCUT2D eigenvalue weighted by atomic mass is 16.2. The molecule has 2 aliphatic rings. The Morgan fingerprint density at radius 1 is 1.12 bits per heavy atom. The second-order valence-electron chi connectivity index (χ2n) is 8.81. The van der Waals surface area contributed by atoms with E-state index in [0.717, 1.165) is 43.1 Å². The minimum absolute atomic E-state index is 0.127. The molecule has 138 valence electrons. The minimum Gasteiger partial charge on any atom is -0.338 e. The van der Waals surface area contributed by atoms with Crippen molar-refractivity contribution < 1.29 is 4.79 Å². The molecule has 5 heteroatoms. The maximum atomic E-state index is 13.3. The van der Waals surface area contributed by atoms with Crippen LogP contribution in [0.3, 0.4) is 0 Å². The van der Waals surface area contributed by atoms with Crippen molar-refractivity contribution in [2.45, 2.75) is 33.1 Å². The molecule has 0 bridgehead atoms. The van der Waals surface area contributed by atoms with Gasteiger partial charge in [-0.05, 0) is 30.9 Å². The van der Waals surface area contributed by atoms with Crippen molar-refractivity contribution >= 4 is 5.91 Å². The maximum absolute atomic E-state index is 13.3. The molecular weight excluding hydrogens is 324 g/mol. The molecule has 4 rings (SSSR count). The van der Waals surface area contributed by atoms with Gasteiger partial charge in [-0.15, -0.1) is 0 Å². The summed E-state index contributed by atoms with van der Waals surface area (Å²) >= 11 is 0. The van der Waals surface area contributed by atoms with Crippen LogP contribution in [0, 0.1) is 18.8 Å². The van der Waals surface area contributed by atoms with E-state index in [2.05, 4.69) is 57.3 Å². The summed E-state index contributed by atoms with van der Waals surface area (Å²) in [7, 11) is 0. The third kappa shape index (κ3) is 3.05. The molecule has 0 saturated carbocycles. The second-order valence-corrected chi connectivity index (χ2v) is 8.81. The number of aromatic nitrogens is 2. The summed E-state index contributed by atoms with van der Waals surface area (Å²) in [5, 5.41) is 8.24. The van der Waals surface area contributed by atoms with Gasteiger partial charge in [-0.3, -0.25) is 4.79 Å². The van der Waals surface area contributed by atoms with Gasteiger partial charge in [0.25, 0.3) is 5.91 Å². The SMILES string of the molecule is Cc1ccc(-n2cc(C(=O)N3C[C@H]4CNC[C@H]4C3)c(C(C)(C)C)n2)cc1. The second kappa shape index (κ2) is 6.23. The number of hydrogen-bond donors (Lipinski definition) is 1. The van der Waals surface area contributed by atoms with Crippen molar-refractivity contribution in [3.05, 3.63) is 47.3 Å². The number of aryl methyl sites for hydroxylation is 1. The maximum Gasteiger partial charge on any atom is 0.257 e. The van der Waals surface area contributed by atoms with E-state index in [9.17, 15) is 4.79 Å². The van der Waals surface area contributed by atoms with Gasteiger partial charge in [0.2, 0.25) is 0 Å². The molecule has 26 heavy (non-hydrogen) atoms. The van der Waals surface area contributed by atoms with Crippen LogP contribution in [0.1, 0.15) is 42.4 Å². The lowest BCUT2D eigenvalue weighted by molar-refractivity contribution is 0.0779. The Morgan fingerprint density at radius 2 is 1.73 bits per heavy atom. The van der Waals surface area contributed by atoms with Gasteiger partial charge < -0.3 is 10.2 Å². The summed E-state index contributed by atoms with van der Waals surface area (Å²) < 4.78 is 1.85. The first-order valence-electron chi connectivity index (χ1n) is 9.50. The summed E-state index contributed by atoms with van der Waals surface area (Å²) in [5.74, 6) is 1.33. The Kier molecular flexibility index (Phi) is 4.14. The largest absolute Gasteiger partial charge is 0.338 e. The van der Waals surface area contributed by atoms with Crippen molar-refractivity contribution in [1.82, 2.24) is 20.0 Å². The number of fused-ring (bicyclic) bond motifs is 1. The molecule has 1 aromatic heterocycles. The molecule has 1 N–H and O–H groups in total. The van der Waals surface area contributed by atoms with Crippen LogP contribution < -0.4 is 5.32 Å². The van der Waals surface area contributed by atoms with Gasteiger partial charge in [0, 0.05) is 37.8 Å². The summed E-state index contributed by atoms with van der Waals surface area (Å²) in [6.45, 7) is 12.2. The zero-order valence-electron chi connectivity index (χ0n) is 16.1. The fourth-order valence-electron chi connectivity index (χ4n) is 4.11. The van der Waals surface area contributed by atoms with E-state index in [1.54, 1.807) is 0 Å². The third-order valence-electron chi connectivity index (χ3n) is 5.63. The molecular formula is C21H28N4O. The summed E-state index contributed by atoms with van der Waals surface area (Å²) in [4.78, 5) is 15.3. The van der Waals surface area contributed by atoms with Crippen LogP contribution >= 0.6 is 0 Å². The zero-order valence-corrected chi connectivity index (χ0v) is 16.1. The van der Waals surface area contributed by atoms with E-state index in [4.69, 9.17) is 5.10 Å². The molecule has 0 radical (unpaired) electrons. The van der Waals surface area contributed by atoms with Crippen LogP contribution in [0.5, 0.6) is 0 Å². The number of amides is 1. The van der Waals surface area contributed by atoms with E-state index in [1.807, 2.05) is 15.8 Å². The number of hydrogen-bond acceptors (Lipinski definition) is 3. The predicted molar refractivity (Wildman–Crippen MR) is 103 cm³/mol. The van der Waals surface area contributed by atoms with Crippen LogP contribution in [0.15, 0.2) is 30.5 Å². The zero-order chi connectivity index (χ0) is 18.5. The normalized spacial score (nSPS) is 22.7. The van der Waals surface area contributed by atoms with E-state index in [-0.39, 0.29) is 11.3 Å². The first-order chi connectivity index (χ1) is 12.3. The van der Waals surface area contributed by atoms with Crippen molar-refractivity contribution in [1.29, 1.82) is 0 Å². The molecule has 0 unspecified atom stereocenters. The molecule has 1 amide bonds. The lowest BCUT2D eigenvalue weighted by atomic mass is 9.89. The molecule has 3 heterocycles. The van der Waals surface area contributed by atoms with Crippen molar-refractivity contribution in [3.8, 4) is 5.69 Å². The van der Waals surface area contributed by atoms with Gasteiger partial charge in [0.05, 0.1) is 16.9 Å². The average Bonchev–Trinajstić information content (AvgIpc) is 3.28. The number of benzene rings is 1. The molecule has 2 aromatic rings. The number of carbonyl (C=O) groups excluding carboxylic acids is 1. The van der Waals surface area contributed by atoms with Crippen molar-refractivity contribution in [2.75, 3.05) is 26.2 Å². The summed E-state index contributed by atoms with van der Waals surface area (Å²) in [6.07, 6.45) is 1.92. The molecule has 2 saturated heterocycles. The van der Waals surface area contributed by atoms with Gasteiger partial charge >= 0.3 is 0 Å². The van der Waals surface area contributed by atoms with Crippen LogP contribution in [-0.4, -0.2) is 46.8 Å². The number of nitrogens with zero attached hydrogens (tertiary/aromatic N) is 3. The van der Waals surface area contributed by atoms with Crippen LogP contribution in [0.2, 0.25) is 0 Å². The van der Waals surface area contributed by atoms with Crippen molar-refractivity contribution in [3.63, 3.8) is 0 Å². The van der Waals surface area contributed by atoms with Crippen LogP contribution in [0.4, 0.5) is 0 Å². The lowest BCUT2D eigenvalue weighted by Gasteiger charge is -2.21. The number of rotatable bonds is 2. The minimum atomic E-state index is -0.182. The van der Waals surface area contributed by atoms with Gasteiger partial charge in [0.15, 0.2) is 0 Å². The highest BCUT2D eigenvalue weighted by Crippen LogP contribution is 2.31. The van der Waals surface area contributed by atoms with Crippen molar-refractivity contribution in [2.24, 2.45) is 11.8 Å². The monoisotopic (exact) mass is 352 g/mol. The first kappa shape index (κ1) is 17.3. The van der Waals surface area contributed by atoms with Gasteiger partial charge in [-0.1, -0.05) is 38.5 Å². The first-order valence-corrected chi connectivity index (χ1v) is 9.50. The smallest absolute Gasteiger partial charge is 0.257 e. The number of nitrogens with one attached hydrogen (secondary N) is 1. The summed E-state index contributed by atoms with van der Waals surface area (Å²) in [6, 6.07) is 8.25. The fourth-order valence-corrected chi connectivity index (χ4v) is 4.11. The highest BCUT2D eigenvalue weighted by Gasteiger charge is 2.39. The Bertz CT molecular complexity index is 804. The van der Waals surface area contributed by atoms with E-state index < -0.39 is 0 Å². The van der Waals surface area contributed by atoms with Gasteiger partial charge in [-0.2, -0.15) is 5.10 Å². The average molecular weight is 352 g/mol. The van der Waals surface area contributed by atoms with Gasteiger partial charge in [-0.25, -0.2) is 4.68 Å². The number of likely N-dealkylation sites (tertiary alicyclic amines) is 1. The van der Waals surface area contributed by atoms with E-state index >= 15 is 0 Å². The Hall–Kier alpha value is -2.14. The molecule has 2 atom stereocenters. The molecule has 0 aliphatic carbocycles. The topological polar surface area (TPSA) is 50.2 Å². The van der Waals surface area contributed by atoms with E-state index in [0.29, 0.717) is 11.8 Å². The predicted octanol–water partition coefficient (Wildman–Crippen LogP) is 2.77.